The molecule has 0 heterocycles. The van der Waals surface area contributed by atoms with Crippen molar-refractivity contribution in [2.45, 2.75) is 51.5 Å². The molecule has 1 atom stereocenters. The Hall–Kier alpha value is -0.770. The summed E-state index contributed by atoms with van der Waals surface area (Å²) in [5.74, 6) is -0.0669. The third kappa shape index (κ3) is 4.15. The second kappa shape index (κ2) is 7.20. The summed E-state index contributed by atoms with van der Waals surface area (Å²) in [4.78, 5) is 12.2. The highest BCUT2D eigenvalue weighted by Gasteiger charge is 2.39. The molecule has 22 heavy (non-hydrogen) atoms. The standard InChI is InChI=1S/C17H25ClN2O.ClH/c1-16(2,3)14(19)15(21)20-11-17(9-4-10-17)12-5-7-13(18)8-6-12;/h5-8,14H,4,9-11,19H2,1-3H3,(H,20,21);1H/t14-;/m1./s1. The summed E-state index contributed by atoms with van der Waals surface area (Å²) < 4.78 is 0. The van der Waals surface area contributed by atoms with Gasteiger partial charge in [-0.15, -0.1) is 12.4 Å². The maximum absolute atomic E-state index is 12.2. The molecular formula is C17H26Cl2N2O. The van der Waals surface area contributed by atoms with Crippen LogP contribution in [-0.2, 0) is 10.2 Å². The second-order valence-electron chi connectivity index (χ2n) is 7.20. The fourth-order valence-corrected chi connectivity index (χ4v) is 2.86. The monoisotopic (exact) mass is 344 g/mol. The number of rotatable bonds is 4. The Kier molecular flexibility index (Phi) is 6.31. The molecule has 3 nitrogen and oxygen atoms in total. The van der Waals surface area contributed by atoms with E-state index in [-0.39, 0.29) is 29.1 Å². The summed E-state index contributed by atoms with van der Waals surface area (Å²) in [7, 11) is 0. The van der Waals surface area contributed by atoms with E-state index in [1.165, 1.54) is 12.0 Å². The van der Waals surface area contributed by atoms with E-state index < -0.39 is 6.04 Å². The van der Waals surface area contributed by atoms with Crippen molar-refractivity contribution in [2.24, 2.45) is 11.1 Å². The van der Waals surface area contributed by atoms with Crippen LogP contribution in [-0.4, -0.2) is 18.5 Å². The molecule has 0 radical (unpaired) electrons. The summed E-state index contributed by atoms with van der Waals surface area (Å²) in [6.45, 7) is 6.60. The Morgan fingerprint density at radius 3 is 2.27 bits per heavy atom. The smallest absolute Gasteiger partial charge is 0.237 e. The van der Waals surface area contributed by atoms with Crippen LogP contribution in [0.25, 0.3) is 0 Å². The van der Waals surface area contributed by atoms with Gasteiger partial charge in [0.2, 0.25) is 5.91 Å². The molecule has 0 unspecified atom stereocenters. The number of nitrogens with one attached hydrogen (secondary N) is 1. The molecule has 124 valence electrons. The van der Waals surface area contributed by atoms with E-state index >= 15 is 0 Å². The molecule has 1 aliphatic rings. The fraction of sp³-hybridized carbons (Fsp3) is 0.588. The van der Waals surface area contributed by atoms with Gasteiger partial charge < -0.3 is 11.1 Å². The minimum absolute atomic E-state index is 0. The highest BCUT2D eigenvalue weighted by Crippen LogP contribution is 2.43. The number of nitrogens with two attached hydrogens (primary N) is 1. The van der Waals surface area contributed by atoms with Crippen molar-refractivity contribution in [1.29, 1.82) is 0 Å². The number of carbonyl (C=O) groups excluding carboxylic acids is 1. The minimum atomic E-state index is -0.486. The van der Waals surface area contributed by atoms with Crippen LogP contribution in [0.3, 0.4) is 0 Å². The van der Waals surface area contributed by atoms with Crippen LogP contribution in [0.15, 0.2) is 24.3 Å². The van der Waals surface area contributed by atoms with E-state index in [1.54, 1.807) is 0 Å². The van der Waals surface area contributed by atoms with Gasteiger partial charge in [0.1, 0.15) is 0 Å². The maximum Gasteiger partial charge on any atom is 0.237 e. The van der Waals surface area contributed by atoms with Crippen molar-refractivity contribution >= 4 is 29.9 Å². The summed E-state index contributed by atoms with van der Waals surface area (Å²) >= 11 is 5.96. The topological polar surface area (TPSA) is 55.1 Å². The van der Waals surface area contributed by atoms with Crippen molar-refractivity contribution in [2.75, 3.05) is 6.54 Å². The van der Waals surface area contributed by atoms with E-state index in [2.05, 4.69) is 17.4 Å². The van der Waals surface area contributed by atoms with Crippen LogP contribution in [0, 0.1) is 5.41 Å². The third-order valence-electron chi connectivity index (χ3n) is 4.58. The lowest BCUT2D eigenvalue weighted by Crippen LogP contribution is -2.53. The van der Waals surface area contributed by atoms with E-state index in [4.69, 9.17) is 17.3 Å². The van der Waals surface area contributed by atoms with Crippen LogP contribution < -0.4 is 11.1 Å². The first-order valence-corrected chi connectivity index (χ1v) is 7.92. The van der Waals surface area contributed by atoms with Gasteiger partial charge in [-0.25, -0.2) is 0 Å². The molecule has 1 aromatic rings. The molecule has 2 rings (SSSR count). The third-order valence-corrected chi connectivity index (χ3v) is 4.84. The van der Waals surface area contributed by atoms with Gasteiger partial charge in [0.05, 0.1) is 6.04 Å². The number of halogens is 2. The molecule has 0 spiro atoms. The first-order valence-electron chi connectivity index (χ1n) is 7.54. The SMILES string of the molecule is CC(C)(C)[C@H](N)C(=O)NCC1(c2ccc(Cl)cc2)CCC1.Cl. The van der Waals surface area contributed by atoms with Crippen molar-refractivity contribution in [3.63, 3.8) is 0 Å². The summed E-state index contributed by atoms with van der Waals surface area (Å²) in [5, 5.41) is 3.79. The molecule has 0 aliphatic heterocycles. The Morgan fingerprint density at radius 2 is 1.86 bits per heavy atom. The van der Waals surface area contributed by atoms with Crippen molar-refractivity contribution in [1.82, 2.24) is 5.32 Å². The normalized spacial score (nSPS) is 17.9. The zero-order valence-corrected chi connectivity index (χ0v) is 15.1. The number of hydrogen-bond acceptors (Lipinski definition) is 2. The Balaban J connectivity index is 0.00000242. The average molecular weight is 345 g/mol. The zero-order chi connectivity index (χ0) is 15.7. The van der Waals surface area contributed by atoms with Crippen molar-refractivity contribution in [3.05, 3.63) is 34.9 Å². The van der Waals surface area contributed by atoms with Crippen molar-refractivity contribution in [3.8, 4) is 0 Å². The quantitative estimate of drug-likeness (QED) is 0.875. The summed E-state index contributed by atoms with van der Waals surface area (Å²) in [5.41, 5.74) is 7.09. The van der Waals surface area contributed by atoms with Crippen LogP contribution >= 0.6 is 24.0 Å². The molecule has 1 aliphatic carbocycles. The largest absolute Gasteiger partial charge is 0.354 e. The summed E-state index contributed by atoms with van der Waals surface area (Å²) in [6, 6.07) is 7.48. The molecule has 1 fully saturated rings. The first-order chi connectivity index (χ1) is 9.74. The first kappa shape index (κ1) is 19.3. The van der Waals surface area contributed by atoms with Gasteiger partial charge in [-0.1, -0.05) is 50.9 Å². The zero-order valence-electron chi connectivity index (χ0n) is 13.5. The van der Waals surface area contributed by atoms with Gasteiger partial charge in [-0.2, -0.15) is 0 Å². The van der Waals surface area contributed by atoms with E-state index in [9.17, 15) is 4.79 Å². The number of amides is 1. The Labute approximate surface area is 144 Å². The van der Waals surface area contributed by atoms with E-state index in [0.717, 1.165) is 17.9 Å². The van der Waals surface area contributed by atoms with E-state index in [0.29, 0.717) is 6.54 Å². The highest BCUT2D eigenvalue weighted by molar-refractivity contribution is 6.30. The van der Waals surface area contributed by atoms with Crippen LogP contribution in [0.5, 0.6) is 0 Å². The predicted molar refractivity (Wildman–Crippen MR) is 94.7 cm³/mol. The fourth-order valence-electron chi connectivity index (χ4n) is 2.73. The maximum atomic E-state index is 12.2. The van der Waals surface area contributed by atoms with Gasteiger partial charge in [0.25, 0.3) is 0 Å². The lowest BCUT2D eigenvalue weighted by atomic mass is 9.64. The molecule has 0 bridgehead atoms. The van der Waals surface area contributed by atoms with E-state index in [1.807, 2.05) is 32.9 Å². The highest BCUT2D eigenvalue weighted by atomic mass is 35.5. The van der Waals surface area contributed by atoms with Crippen LogP contribution in [0.1, 0.15) is 45.6 Å². The Morgan fingerprint density at radius 1 is 1.32 bits per heavy atom. The molecule has 0 saturated heterocycles. The average Bonchev–Trinajstić information content (AvgIpc) is 2.37. The molecular weight excluding hydrogens is 319 g/mol. The lowest BCUT2D eigenvalue weighted by molar-refractivity contribution is -0.125. The number of hydrogen-bond donors (Lipinski definition) is 2. The van der Waals surface area contributed by atoms with Crippen LogP contribution in [0.2, 0.25) is 5.02 Å². The van der Waals surface area contributed by atoms with Crippen LogP contribution in [0.4, 0.5) is 0 Å². The minimum Gasteiger partial charge on any atom is -0.354 e. The second-order valence-corrected chi connectivity index (χ2v) is 7.64. The molecule has 1 aromatic carbocycles. The van der Waals surface area contributed by atoms with Crippen molar-refractivity contribution < 1.29 is 4.79 Å². The number of carbonyl (C=O) groups is 1. The van der Waals surface area contributed by atoms with Gasteiger partial charge >= 0.3 is 0 Å². The summed E-state index contributed by atoms with van der Waals surface area (Å²) in [6.07, 6.45) is 3.39. The van der Waals surface area contributed by atoms with Gasteiger partial charge in [0, 0.05) is 17.0 Å². The predicted octanol–water partition coefficient (Wildman–Crippen LogP) is 3.67. The molecule has 3 N–H and O–H groups in total. The molecule has 5 heteroatoms. The number of benzene rings is 1. The molecule has 1 saturated carbocycles. The lowest BCUT2D eigenvalue weighted by Gasteiger charge is -2.43. The molecule has 1 amide bonds. The van der Waals surface area contributed by atoms with Gasteiger partial charge in [0.15, 0.2) is 0 Å². The Bertz CT molecular complexity index is 504. The van der Waals surface area contributed by atoms with Gasteiger partial charge in [-0.05, 0) is 36.0 Å². The van der Waals surface area contributed by atoms with Gasteiger partial charge in [-0.3, -0.25) is 4.79 Å². The molecule has 0 aromatic heterocycles.